The number of hydrogen-bond acceptors (Lipinski definition) is 7. The lowest BCUT2D eigenvalue weighted by atomic mass is 10.1. The van der Waals surface area contributed by atoms with Crippen LogP contribution in [0.2, 0.25) is 0 Å². The van der Waals surface area contributed by atoms with Gasteiger partial charge in [-0.2, -0.15) is 9.97 Å². The summed E-state index contributed by atoms with van der Waals surface area (Å²) < 4.78 is 2.04. The van der Waals surface area contributed by atoms with Crippen molar-refractivity contribution in [3.8, 4) is 11.3 Å². The molecule has 0 amide bonds. The first kappa shape index (κ1) is 22.7. The summed E-state index contributed by atoms with van der Waals surface area (Å²) in [4.78, 5) is 20.6. The Labute approximate surface area is 194 Å². The van der Waals surface area contributed by atoms with E-state index in [0.717, 1.165) is 40.2 Å². The van der Waals surface area contributed by atoms with Gasteiger partial charge in [0.25, 0.3) is 0 Å². The number of aliphatic hydroxyl groups is 1. The van der Waals surface area contributed by atoms with Crippen LogP contribution < -0.4 is 10.2 Å². The largest absolute Gasteiger partial charge is 0.394 e. The van der Waals surface area contributed by atoms with E-state index in [2.05, 4.69) is 58.3 Å². The molecule has 2 N–H and O–H groups in total. The molecule has 0 radical (unpaired) electrons. The van der Waals surface area contributed by atoms with Crippen LogP contribution in [0.1, 0.15) is 38.8 Å². The van der Waals surface area contributed by atoms with Crippen LogP contribution in [0.5, 0.6) is 0 Å². The predicted octanol–water partition coefficient (Wildman–Crippen LogP) is 4.29. The zero-order chi connectivity index (χ0) is 23.4. The topological polar surface area (TPSA) is 92.0 Å². The SMILES string of the molecule is CC[C@H](CO)Nc1nc(N(C)Cc2ccc(-c3ccccn3)cc2)c2ncn(C(C)C)c2n1. The van der Waals surface area contributed by atoms with Crippen LogP contribution >= 0.6 is 0 Å². The number of nitrogens with zero attached hydrogens (tertiary/aromatic N) is 6. The second kappa shape index (κ2) is 9.95. The summed E-state index contributed by atoms with van der Waals surface area (Å²) >= 11 is 0. The maximum atomic E-state index is 9.63. The fourth-order valence-electron chi connectivity index (χ4n) is 3.73. The van der Waals surface area contributed by atoms with Crippen LogP contribution in [0.3, 0.4) is 0 Å². The van der Waals surface area contributed by atoms with Gasteiger partial charge in [0, 0.05) is 31.4 Å². The minimum Gasteiger partial charge on any atom is -0.394 e. The molecule has 172 valence electrons. The van der Waals surface area contributed by atoms with Crippen LogP contribution in [0, 0.1) is 0 Å². The molecule has 0 bridgehead atoms. The maximum absolute atomic E-state index is 9.63. The number of aromatic nitrogens is 5. The minimum absolute atomic E-state index is 0.0229. The number of aliphatic hydroxyl groups excluding tert-OH is 1. The highest BCUT2D eigenvalue weighted by Gasteiger charge is 2.19. The van der Waals surface area contributed by atoms with Crippen molar-refractivity contribution in [2.75, 3.05) is 23.9 Å². The van der Waals surface area contributed by atoms with E-state index in [4.69, 9.17) is 9.97 Å². The highest BCUT2D eigenvalue weighted by Crippen LogP contribution is 2.27. The molecule has 0 aliphatic carbocycles. The van der Waals surface area contributed by atoms with Crippen molar-refractivity contribution in [2.45, 2.75) is 45.8 Å². The first-order valence-electron chi connectivity index (χ1n) is 11.3. The lowest BCUT2D eigenvalue weighted by Crippen LogP contribution is -2.25. The van der Waals surface area contributed by atoms with Crippen molar-refractivity contribution < 1.29 is 5.11 Å². The van der Waals surface area contributed by atoms with Gasteiger partial charge in [0.15, 0.2) is 17.0 Å². The molecule has 1 aromatic carbocycles. The number of rotatable bonds is 9. The lowest BCUT2D eigenvalue weighted by Gasteiger charge is -2.21. The molecule has 4 aromatic rings. The van der Waals surface area contributed by atoms with Crippen molar-refractivity contribution in [3.63, 3.8) is 0 Å². The molecule has 1 atom stereocenters. The van der Waals surface area contributed by atoms with E-state index in [9.17, 15) is 5.11 Å². The fourth-order valence-corrected chi connectivity index (χ4v) is 3.73. The fraction of sp³-hybridized carbons (Fsp3) is 0.360. The van der Waals surface area contributed by atoms with Crippen LogP contribution in [-0.4, -0.2) is 49.3 Å². The molecule has 0 saturated heterocycles. The third-order valence-corrected chi connectivity index (χ3v) is 5.70. The molecule has 0 saturated carbocycles. The van der Waals surface area contributed by atoms with Gasteiger partial charge in [0.1, 0.15) is 0 Å². The van der Waals surface area contributed by atoms with Gasteiger partial charge in [-0.25, -0.2) is 4.98 Å². The number of anilines is 2. The molecule has 3 heterocycles. The average molecular weight is 446 g/mol. The molecular formula is C25H31N7O. The summed E-state index contributed by atoms with van der Waals surface area (Å²) in [6.45, 7) is 6.91. The number of imidazole rings is 1. The van der Waals surface area contributed by atoms with Gasteiger partial charge in [0.05, 0.1) is 24.7 Å². The Bertz CT molecular complexity index is 1180. The smallest absolute Gasteiger partial charge is 0.227 e. The summed E-state index contributed by atoms with van der Waals surface area (Å²) in [5.74, 6) is 1.25. The Morgan fingerprint density at radius 3 is 2.48 bits per heavy atom. The van der Waals surface area contributed by atoms with Crippen LogP contribution in [0.15, 0.2) is 55.0 Å². The van der Waals surface area contributed by atoms with E-state index >= 15 is 0 Å². The van der Waals surface area contributed by atoms with Crippen LogP contribution in [-0.2, 0) is 6.54 Å². The van der Waals surface area contributed by atoms with Crippen molar-refractivity contribution in [2.24, 2.45) is 0 Å². The molecule has 0 spiro atoms. The molecule has 4 rings (SSSR count). The van der Waals surface area contributed by atoms with E-state index in [1.807, 2.05) is 43.1 Å². The summed E-state index contributed by atoms with van der Waals surface area (Å²) in [6, 6.07) is 14.4. The number of benzene rings is 1. The second-order valence-corrected chi connectivity index (χ2v) is 8.49. The highest BCUT2D eigenvalue weighted by molar-refractivity contribution is 5.85. The molecule has 3 aromatic heterocycles. The molecule has 33 heavy (non-hydrogen) atoms. The zero-order valence-corrected chi connectivity index (χ0v) is 19.6. The van der Waals surface area contributed by atoms with Crippen molar-refractivity contribution >= 4 is 22.9 Å². The molecule has 0 fully saturated rings. The van der Waals surface area contributed by atoms with Crippen LogP contribution in [0.25, 0.3) is 22.4 Å². The van der Waals surface area contributed by atoms with Crippen LogP contribution in [0.4, 0.5) is 11.8 Å². The van der Waals surface area contributed by atoms with Gasteiger partial charge >= 0.3 is 0 Å². The Morgan fingerprint density at radius 1 is 1.06 bits per heavy atom. The molecule has 0 aliphatic rings. The van der Waals surface area contributed by atoms with Crippen molar-refractivity contribution in [1.82, 2.24) is 24.5 Å². The number of nitrogens with one attached hydrogen (secondary N) is 1. The molecule has 8 heteroatoms. The van der Waals surface area contributed by atoms with Crippen molar-refractivity contribution in [1.29, 1.82) is 0 Å². The summed E-state index contributed by atoms with van der Waals surface area (Å²) in [7, 11) is 2.01. The van der Waals surface area contributed by atoms with Gasteiger partial charge in [0.2, 0.25) is 5.95 Å². The highest BCUT2D eigenvalue weighted by atomic mass is 16.3. The quantitative estimate of drug-likeness (QED) is 0.397. The van der Waals surface area contributed by atoms with Gasteiger partial charge in [-0.1, -0.05) is 37.3 Å². The first-order valence-corrected chi connectivity index (χ1v) is 11.3. The Morgan fingerprint density at radius 2 is 1.85 bits per heavy atom. The summed E-state index contributed by atoms with van der Waals surface area (Å²) in [5.41, 5.74) is 4.74. The van der Waals surface area contributed by atoms with E-state index in [-0.39, 0.29) is 18.7 Å². The number of fused-ring (bicyclic) bond motifs is 1. The number of pyridine rings is 1. The van der Waals surface area contributed by atoms with Gasteiger partial charge in [-0.05, 0) is 38.0 Å². The Hall–Kier alpha value is -3.52. The van der Waals surface area contributed by atoms with E-state index in [1.54, 1.807) is 6.20 Å². The average Bonchev–Trinajstić information content (AvgIpc) is 3.27. The molecule has 0 unspecified atom stereocenters. The molecular weight excluding hydrogens is 414 g/mol. The van der Waals surface area contributed by atoms with Gasteiger partial charge in [-0.15, -0.1) is 0 Å². The predicted molar refractivity (Wildman–Crippen MR) is 132 cm³/mol. The maximum Gasteiger partial charge on any atom is 0.227 e. The third kappa shape index (κ3) is 4.96. The normalized spacial score (nSPS) is 12.3. The summed E-state index contributed by atoms with van der Waals surface area (Å²) in [5, 5.41) is 12.9. The Balaban J connectivity index is 1.64. The van der Waals surface area contributed by atoms with Crippen molar-refractivity contribution in [3.05, 3.63) is 60.6 Å². The second-order valence-electron chi connectivity index (χ2n) is 8.49. The van der Waals surface area contributed by atoms with Gasteiger partial charge in [-0.3, -0.25) is 4.98 Å². The zero-order valence-electron chi connectivity index (χ0n) is 19.6. The molecule has 8 nitrogen and oxygen atoms in total. The molecule has 0 aliphatic heterocycles. The Kier molecular flexibility index (Phi) is 6.84. The van der Waals surface area contributed by atoms with E-state index in [0.29, 0.717) is 12.5 Å². The lowest BCUT2D eigenvalue weighted by molar-refractivity contribution is 0.271. The summed E-state index contributed by atoms with van der Waals surface area (Å²) in [6.07, 6.45) is 4.39. The van der Waals surface area contributed by atoms with E-state index < -0.39 is 0 Å². The third-order valence-electron chi connectivity index (χ3n) is 5.70. The van der Waals surface area contributed by atoms with E-state index in [1.165, 1.54) is 0 Å². The minimum atomic E-state index is -0.102. The first-order chi connectivity index (χ1) is 16.0. The standard InChI is InChI=1S/C25H31N7O/c1-5-20(15-33)28-25-29-23(22-24(30-25)32(16-27-22)17(2)3)31(4)14-18-9-11-19(12-10-18)21-8-6-7-13-26-21/h6-13,16-17,20,33H,5,14-15H2,1-4H3,(H,28,29,30)/t20-/m1/s1. The number of hydrogen-bond donors (Lipinski definition) is 2. The van der Waals surface area contributed by atoms with Gasteiger partial charge < -0.3 is 19.9 Å². The monoisotopic (exact) mass is 445 g/mol.